The molecule has 40 heavy (non-hydrogen) atoms. The van der Waals surface area contributed by atoms with E-state index in [4.69, 9.17) is 26.8 Å². The standard InChI is InChI=1S/C29H33ClN6O4/c1-18(19-3-2-4-23(13-19)40-12-9-31)33-26(37)17-36-16-21-6-5-20(14-24(21)28(36)38)27-25(30)15-32-29(35-27)34-22-7-10-39-11-8-22/h2-6,13-15,18,22H,7-12,16-17,31H2,1H3,(H,33,37)(H,32,34,35). The minimum atomic E-state index is -0.260. The highest BCUT2D eigenvalue weighted by atomic mass is 35.5. The summed E-state index contributed by atoms with van der Waals surface area (Å²) in [4.78, 5) is 36.6. The van der Waals surface area contributed by atoms with Crippen LogP contribution in [0.2, 0.25) is 5.02 Å². The summed E-state index contributed by atoms with van der Waals surface area (Å²) in [6.07, 6.45) is 3.33. The van der Waals surface area contributed by atoms with Gasteiger partial charge in [0.1, 0.15) is 18.9 Å². The molecule has 5 rings (SSSR count). The van der Waals surface area contributed by atoms with Crippen LogP contribution in [0.1, 0.15) is 47.3 Å². The molecule has 0 saturated carbocycles. The number of nitrogens with one attached hydrogen (secondary N) is 2. The first-order chi connectivity index (χ1) is 19.4. The molecular formula is C29H33ClN6O4. The van der Waals surface area contributed by atoms with Crippen LogP contribution in [0.4, 0.5) is 5.95 Å². The zero-order valence-corrected chi connectivity index (χ0v) is 23.1. The van der Waals surface area contributed by atoms with E-state index >= 15 is 0 Å². The van der Waals surface area contributed by atoms with Crippen molar-refractivity contribution in [3.63, 3.8) is 0 Å². The van der Waals surface area contributed by atoms with Crippen LogP contribution >= 0.6 is 11.6 Å². The second kappa shape index (κ2) is 12.6. The van der Waals surface area contributed by atoms with Crippen molar-refractivity contribution in [2.75, 3.05) is 38.2 Å². The molecule has 1 unspecified atom stereocenters. The fourth-order valence-electron chi connectivity index (χ4n) is 4.89. The predicted molar refractivity (Wildman–Crippen MR) is 152 cm³/mol. The number of fused-ring (bicyclic) bond motifs is 1. The Morgan fingerprint density at radius 1 is 1.25 bits per heavy atom. The van der Waals surface area contributed by atoms with Gasteiger partial charge in [0.15, 0.2) is 0 Å². The molecule has 11 heteroatoms. The van der Waals surface area contributed by atoms with Crippen molar-refractivity contribution in [2.24, 2.45) is 5.73 Å². The fraction of sp³-hybridized carbons (Fsp3) is 0.379. The molecule has 1 saturated heterocycles. The van der Waals surface area contributed by atoms with Crippen LogP contribution in [0, 0.1) is 0 Å². The van der Waals surface area contributed by atoms with Gasteiger partial charge in [-0.25, -0.2) is 9.97 Å². The number of halogens is 1. The zero-order valence-electron chi connectivity index (χ0n) is 22.4. The number of nitrogens with zero attached hydrogens (tertiary/aromatic N) is 3. The Kier molecular flexibility index (Phi) is 8.78. The SMILES string of the molecule is CC(NC(=O)CN1Cc2ccc(-c3nc(NC4CCOCC4)ncc3Cl)cc2C1=O)c1cccc(OCCN)c1. The molecule has 0 radical (unpaired) electrons. The normalized spacial score (nSPS) is 16.0. The van der Waals surface area contributed by atoms with E-state index in [0.717, 1.165) is 24.0 Å². The number of carbonyl (C=O) groups is 2. The average Bonchev–Trinajstić information content (AvgIpc) is 3.27. The highest BCUT2D eigenvalue weighted by Crippen LogP contribution is 2.32. The summed E-state index contributed by atoms with van der Waals surface area (Å²) < 4.78 is 11.0. The van der Waals surface area contributed by atoms with Gasteiger partial charge in [-0.1, -0.05) is 35.9 Å². The van der Waals surface area contributed by atoms with Crippen LogP contribution < -0.4 is 21.1 Å². The quantitative estimate of drug-likeness (QED) is 0.340. The van der Waals surface area contributed by atoms with Gasteiger partial charge in [0, 0.05) is 43.5 Å². The van der Waals surface area contributed by atoms with E-state index in [-0.39, 0.29) is 30.4 Å². The van der Waals surface area contributed by atoms with E-state index in [1.165, 1.54) is 4.90 Å². The van der Waals surface area contributed by atoms with Crippen LogP contribution in [0.3, 0.4) is 0 Å². The number of hydrogen-bond donors (Lipinski definition) is 3. The Balaban J connectivity index is 1.23. The van der Waals surface area contributed by atoms with Gasteiger partial charge in [0.25, 0.3) is 5.91 Å². The van der Waals surface area contributed by atoms with E-state index in [0.29, 0.717) is 66.5 Å². The zero-order chi connectivity index (χ0) is 28.1. The highest BCUT2D eigenvalue weighted by Gasteiger charge is 2.30. The number of anilines is 1. The lowest BCUT2D eigenvalue weighted by Crippen LogP contribution is -2.38. The van der Waals surface area contributed by atoms with Crippen LogP contribution in [0.5, 0.6) is 5.75 Å². The summed E-state index contributed by atoms with van der Waals surface area (Å²) in [5.74, 6) is 0.731. The highest BCUT2D eigenvalue weighted by molar-refractivity contribution is 6.33. The summed E-state index contributed by atoms with van der Waals surface area (Å²) >= 11 is 6.46. The van der Waals surface area contributed by atoms with Crippen LogP contribution in [-0.2, 0) is 16.1 Å². The molecule has 3 heterocycles. The summed E-state index contributed by atoms with van der Waals surface area (Å²) in [7, 11) is 0. The largest absolute Gasteiger partial charge is 0.492 e. The van der Waals surface area contributed by atoms with E-state index < -0.39 is 0 Å². The third kappa shape index (κ3) is 6.52. The van der Waals surface area contributed by atoms with E-state index in [2.05, 4.69) is 20.6 Å². The lowest BCUT2D eigenvalue weighted by Gasteiger charge is -2.23. The van der Waals surface area contributed by atoms with Crippen molar-refractivity contribution in [3.05, 3.63) is 70.4 Å². The number of ether oxygens (including phenoxy) is 2. The Bertz CT molecular complexity index is 1380. The van der Waals surface area contributed by atoms with E-state index in [1.54, 1.807) is 12.3 Å². The van der Waals surface area contributed by atoms with Crippen LogP contribution in [-0.4, -0.2) is 65.6 Å². The summed E-state index contributed by atoms with van der Waals surface area (Å²) in [5, 5.41) is 6.72. The number of nitrogens with two attached hydrogens (primary N) is 1. The number of carbonyl (C=O) groups excluding carboxylic acids is 2. The lowest BCUT2D eigenvalue weighted by atomic mass is 10.0. The Morgan fingerprint density at radius 3 is 2.88 bits per heavy atom. The van der Waals surface area contributed by atoms with Crippen molar-refractivity contribution in [2.45, 2.75) is 38.4 Å². The third-order valence-electron chi connectivity index (χ3n) is 7.02. The molecule has 1 fully saturated rings. The monoisotopic (exact) mass is 564 g/mol. The molecule has 2 aliphatic rings. The summed E-state index contributed by atoms with van der Waals surface area (Å²) in [6.45, 7) is 4.44. The minimum Gasteiger partial charge on any atom is -0.492 e. The van der Waals surface area contributed by atoms with Gasteiger partial charge in [-0.05, 0) is 49.1 Å². The van der Waals surface area contributed by atoms with E-state index in [9.17, 15) is 9.59 Å². The van der Waals surface area contributed by atoms with Gasteiger partial charge >= 0.3 is 0 Å². The molecule has 2 amide bonds. The Hall–Kier alpha value is -3.73. The Morgan fingerprint density at radius 2 is 2.08 bits per heavy atom. The smallest absolute Gasteiger partial charge is 0.254 e. The van der Waals surface area contributed by atoms with Gasteiger partial charge in [0.05, 0.1) is 23.0 Å². The topological polar surface area (TPSA) is 132 Å². The molecule has 1 aromatic heterocycles. The fourth-order valence-corrected chi connectivity index (χ4v) is 5.09. The van der Waals surface area contributed by atoms with Crippen molar-refractivity contribution in [1.29, 1.82) is 0 Å². The average molecular weight is 565 g/mol. The third-order valence-corrected chi connectivity index (χ3v) is 7.29. The molecule has 10 nitrogen and oxygen atoms in total. The maximum atomic E-state index is 13.3. The first-order valence-electron chi connectivity index (χ1n) is 13.4. The molecule has 210 valence electrons. The van der Waals surface area contributed by atoms with Crippen LogP contribution in [0.15, 0.2) is 48.7 Å². The summed E-state index contributed by atoms with van der Waals surface area (Å²) in [5.41, 5.74) is 9.06. The molecule has 3 aromatic rings. The number of hydrogen-bond acceptors (Lipinski definition) is 8. The van der Waals surface area contributed by atoms with Crippen molar-refractivity contribution >= 4 is 29.4 Å². The molecular weight excluding hydrogens is 532 g/mol. The number of benzene rings is 2. The van der Waals surface area contributed by atoms with Gasteiger partial charge in [-0.2, -0.15) is 0 Å². The van der Waals surface area contributed by atoms with Crippen molar-refractivity contribution in [3.8, 4) is 17.0 Å². The molecule has 2 aliphatic heterocycles. The molecule has 2 aromatic carbocycles. The Labute approximate surface area is 238 Å². The van der Waals surface area contributed by atoms with Gasteiger partial charge in [-0.3, -0.25) is 9.59 Å². The first kappa shape index (κ1) is 27.8. The van der Waals surface area contributed by atoms with Gasteiger partial charge in [-0.15, -0.1) is 0 Å². The van der Waals surface area contributed by atoms with Crippen molar-refractivity contribution in [1.82, 2.24) is 20.2 Å². The number of rotatable bonds is 10. The molecule has 0 spiro atoms. The molecule has 0 bridgehead atoms. The van der Waals surface area contributed by atoms with E-state index in [1.807, 2.05) is 43.3 Å². The van der Waals surface area contributed by atoms with Gasteiger partial charge < -0.3 is 30.7 Å². The maximum absolute atomic E-state index is 13.3. The molecule has 0 aliphatic carbocycles. The molecule has 4 N–H and O–H groups in total. The maximum Gasteiger partial charge on any atom is 0.254 e. The number of aromatic nitrogens is 2. The van der Waals surface area contributed by atoms with Gasteiger partial charge in [0.2, 0.25) is 11.9 Å². The summed E-state index contributed by atoms with van der Waals surface area (Å²) in [6, 6.07) is 13.1. The molecule has 1 atom stereocenters. The van der Waals surface area contributed by atoms with Crippen LogP contribution in [0.25, 0.3) is 11.3 Å². The second-order valence-corrected chi connectivity index (χ2v) is 10.4. The number of amides is 2. The first-order valence-corrected chi connectivity index (χ1v) is 13.8. The lowest BCUT2D eigenvalue weighted by molar-refractivity contribution is -0.122. The van der Waals surface area contributed by atoms with Crippen molar-refractivity contribution < 1.29 is 19.1 Å². The minimum absolute atomic E-state index is 0.0516. The second-order valence-electron chi connectivity index (χ2n) is 9.95. The predicted octanol–water partition coefficient (Wildman–Crippen LogP) is 3.56.